The first-order valence-corrected chi connectivity index (χ1v) is 9.97. The standard InChI is InChI=1S/C20H16N2O2S2/c23-20(21-12-18-22-16-8-4-5-9-17(16)26-18)19-14(10-11-24-19)13-25-15-6-2-1-3-7-15/h1-11H,12-13H2,(H,21,23). The molecule has 0 unspecified atom stereocenters. The first kappa shape index (κ1) is 16.9. The van der Waals surface area contributed by atoms with Gasteiger partial charge < -0.3 is 9.73 Å². The zero-order valence-corrected chi connectivity index (χ0v) is 15.5. The molecule has 2 aromatic heterocycles. The first-order valence-electron chi connectivity index (χ1n) is 8.16. The van der Waals surface area contributed by atoms with Gasteiger partial charge in [-0.15, -0.1) is 23.1 Å². The largest absolute Gasteiger partial charge is 0.459 e. The Morgan fingerprint density at radius 1 is 1.08 bits per heavy atom. The van der Waals surface area contributed by atoms with Crippen LogP contribution in [0, 0.1) is 0 Å². The van der Waals surface area contributed by atoms with Crippen molar-refractivity contribution in [1.82, 2.24) is 10.3 Å². The van der Waals surface area contributed by atoms with E-state index in [2.05, 4.69) is 22.4 Å². The lowest BCUT2D eigenvalue weighted by Gasteiger charge is -2.04. The molecule has 0 saturated carbocycles. The molecule has 130 valence electrons. The topological polar surface area (TPSA) is 55.1 Å². The van der Waals surface area contributed by atoms with E-state index in [9.17, 15) is 4.79 Å². The highest BCUT2D eigenvalue weighted by Crippen LogP contribution is 2.25. The zero-order valence-electron chi connectivity index (χ0n) is 13.8. The van der Waals surface area contributed by atoms with Crippen LogP contribution in [0.25, 0.3) is 10.2 Å². The second kappa shape index (κ2) is 7.76. The molecular formula is C20H16N2O2S2. The average molecular weight is 380 g/mol. The van der Waals surface area contributed by atoms with Crippen LogP contribution in [0.1, 0.15) is 21.1 Å². The molecule has 0 atom stereocenters. The summed E-state index contributed by atoms with van der Waals surface area (Å²) in [6.07, 6.45) is 1.56. The number of rotatable bonds is 6. The van der Waals surface area contributed by atoms with Gasteiger partial charge in [-0.3, -0.25) is 4.79 Å². The number of aromatic nitrogens is 1. The SMILES string of the molecule is O=C(NCc1nc2ccccc2s1)c1occc1CSc1ccccc1. The van der Waals surface area contributed by atoms with E-state index in [4.69, 9.17) is 4.42 Å². The van der Waals surface area contributed by atoms with Crippen LogP contribution in [0.15, 0.2) is 76.2 Å². The van der Waals surface area contributed by atoms with Crippen LogP contribution in [-0.2, 0) is 12.3 Å². The van der Waals surface area contributed by atoms with Crippen LogP contribution in [0.4, 0.5) is 0 Å². The Balaban J connectivity index is 1.39. The lowest BCUT2D eigenvalue weighted by atomic mass is 10.2. The first-order chi connectivity index (χ1) is 12.8. The van der Waals surface area contributed by atoms with Crippen molar-refractivity contribution in [1.29, 1.82) is 0 Å². The highest BCUT2D eigenvalue weighted by molar-refractivity contribution is 7.98. The third-order valence-electron chi connectivity index (χ3n) is 3.83. The van der Waals surface area contributed by atoms with Crippen LogP contribution < -0.4 is 5.32 Å². The molecular weight excluding hydrogens is 364 g/mol. The van der Waals surface area contributed by atoms with E-state index in [1.165, 1.54) is 0 Å². The Kier molecular flexibility index (Phi) is 5.04. The van der Waals surface area contributed by atoms with Gasteiger partial charge >= 0.3 is 0 Å². The molecule has 0 saturated heterocycles. The number of thioether (sulfide) groups is 1. The molecule has 1 N–H and O–H groups in total. The predicted molar refractivity (Wildman–Crippen MR) is 106 cm³/mol. The number of para-hydroxylation sites is 1. The van der Waals surface area contributed by atoms with Gasteiger partial charge in [0, 0.05) is 16.2 Å². The van der Waals surface area contributed by atoms with Gasteiger partial charge in [0.25, 0.3) is 5.91 Å². The Morgan fingerprint density at radius 2 is 1.88 bits per heavy atom. The van der Waals surface area contributed by atoms with Crippen LogP contribution >= 0.6 is 23.1 Å². The Hall–Kier alpha value is -2.57. The van der Waals surface area contributed by atoms with E-state index in [0.717, 1.165) is 25.7 Å². The number of benzene rings is 2. The van der Waals surface area contributed by atoms with Crippen molar-refractivity contribution in [3.05, 3.63) is 83.3 Å². The second-order valence-corrected chi connectivity index (χ2v) is 7.80. The molecule has 0 aliphatic heterocycles. The van der Waals surface area contributed by atoms with E-state index in [1.54, 1.807) is 29.4 Å². The molecule has 0 radical (unpaired) electrons. The summed E-state index contributed by atoms with van der Waals surface area (Å²) in [5.41, 5.74) is 1.85. The number of hydrogen-bond acceptors (Lipinski definition) is 5. The summed E-state index contributed by atoms with van der Waals surface area (Å²) in [5, 5.41) is 3.79. The van der Waals surface area contributed by atoms with E-state index in [-0.39, 0.29) is 5.91 Å². The van der Waals surface area contributed by atoms with E-state index in [1.807, 2.05) is 48.5 Å². The van der Waals surface area contributed by atoms with Gasteiger partial charge in [-0.05, 0) is 30.3 Å². The van der Waals surface area contributed by atoms with Crippen molar-refractivity contribution >= 4 is 39.2 Å². The fourth-order valence-corrected chi connectivity index (χ4v) is 4.36. The molecule has 0 bridgehead atoms. The summed E-state index contributed by atoms with van der Waals surface area (Å²) < 4.78 is 6.54. The van der Waals surface area contributed by atoms with Crippen molar-refractivity contribution in [3.8, 4) is 0 Å². The van der Waals surface area contributed by atoms with Gasteiger partial charge in [0.05, 0.1) is 23.0 Å². The molecule has 26 heavy (non-hydrogen) atoms. The van der Waals surface area contributed by atoms with Gasteiger partial charge in [0.15, 0.2) is 5.76 Å². The minimum Gasteiger partial charge on any atom is -0.459 e. The van der Waals surface area contributed by atoms with Gasteiger partial charge in [0.1, 0.15) is 5.01 Å². The number of carbonyl (C=O) groups excluding carboxylic acids is 1. The van der Waals surface area contributed by atoms with Gasteiger partial charge in [-0.25, -0.2) is 4.98 Å². The lowest BCUT2D eigenvalue weighted by Crippen LogP contribution is -2.23. The van der Waals surface area contributed by atoms with Crippen LogP contribution in [0.5, 0.6) is 0 Å². The molecule has 0 fully saturated rings. The molecule has 4 rings (SSSR count). The van der Waals surface area contributed by atoms with Crippen molar-refractivity contribution < 1.29 is 9.21 Å². The molecule has 2 aromatic carbocycles. The second-order valence-electron chi connectivity index (χ2n) is 5.63. The summed E-state index contributed by atoms with van der Waals surface area (Å²) >= 11 is 3.26. The number of hydrogen-bond donors (Lipinski definition) is 1. The molecule has 4 aromatic rings. The maximum absolute atomic E-state index is 12.5. The Labute approximate surface area is 159 Å². The zero-order chi connectivity index (χ0) is 17.8. The van der Waals surface area contributed by atoms with Crippen LogP contribution in [0.2, 0.25) is 0 Å². The van der Waals surface area contributed by atoms with Crippen molar-refractivity contribution in [2.75, 3.05) is 0 Å². The quantitative estimate of drug-likeness (QED) is 0.472. The summed E-state index contributed by atoms with van der Waals surface area (Å²) in [7, 11) is 0. The number of thiazole rings is 1. The number of carbonyl (C=O) groups is 1. The number of nitrogens with zero attached hydrogens (tertiary/aromatic N) is 1. The molecule has 2 heterocycles. The maximum Gasteiger partial charge on any atom is 0.287 e. The molecule has 1 amide bonds. The van der Waals surface area contributed by atoms with E-state index < -0.39 is 0 Å². The molecule has 0 spiro atoms. The van der Waals surface area contributed by atoms with Gasteiger partial charge in [-0.1, -0.05) is 30.3 Å². The fourth-order valence-electron chi connectivity index (χ4n) is 2.56. The highest BCUT2D eigenvalue weighted by atomic mass is 32.2. The van der Waals surface area contributed by atoms with Gasteiger partial charge in [0.2, 0.25) is 0 Å². The fraction of sp³-hybridized carbons (Fsp3) is 0.100. The monoisotopic (exact) mass is 380 g/mol. The maximum atomic E-state index is 12.5. The van der Waals surface area contributed by atoms with Crippen molar-refractivity contribution in [3.63, 3.8) is 0 Å². The molecule has 4 nitrogen and oxygen atoms in total. The Bertz CT molecular complexity index is 991. The van der Waals surface area contributed by atoms with Crippen molar-refractivity contribution in [2.24, 2.45) is 0 Å². The minimum absolute atomic E-state index is 0.210. The third-order valence-corrected chi connectivity index (χ3v) is 5.93. The normalized spacial score (nSPS) is 10.9. The van der Waals surface area contributed by atoms with E-state index >= 15 is 0 Å². The third kappa shape index (κ3) is 3.81. The van der Waals surface area contributed by atoms with Gasteiger partial charge in [-0.2, -0.15) is 0 Å². The summed E-state index contributed by atoms with van der Waals surface area (Å²) in [6, 6.07) is 19.9. The number of nitrogens with one attached hydrogen (secondary N) is 1. The molecule has 0 aliphatic carbocycles. The average Bonchev–Trinajstić information content (AvgIpc) is 3.31. The molecule has 6 heteroatoms. The number of furan rings is 1. The molecule has 0 aliphatic rings. The summed E-state index contributed by atoms with van der Waals surface area (Å²) in [5.74, 6) is 0.845. The van der Waals surface area contributed by atoms with Crippen molar-refractivity contribution in [2.45, 2.75) is 17.2 Å². The summed E-state index contributed by atoms with van der Waals surface area (Å²) in [4.78, 5) is 18.2. The van der Waals surface area contributed by atoms with E-state index in [0.29, 0.717) is 18.1 Å². The Morgan fingerprint density at radius 3 is 2.73 bits per heavy atom. The highest BCUT2D eigenvalue weighted by Gasteiger charge is 2.16. The summed E-state index contributed by atoms with van der Waals surface area (Å²) in [6.45, 7) is 0.393. The minimum atomic E-state index is -0.210. The lowest BCUT2D eigenvalue weighted by molar-refractivity contribution is 0.0922. The number of fused-ring (bicyclic) bond motifs is 1. The predicted octanol–water partition coefficient (Wildman–Crippen LogP) is 5.11. The van der Waals surface area contributed by atoms with Crippen LogP contribution in [-0.4, -0.2) is 10.9 Å². The van der Waals surface area contributed by atoms with Crippen LogP contribution in [0.3, 0.4) is 0 Å². The number of amides is 1. The smallest absolute Gasteiger partial charge is 0.287 e.